The van der Waals surface area contributed by atoms with Crippen molar-refractivity contribution in [1.29, 1.82) is 0 Å². The lowest BCUT2D eigenvalue weighted by Crippen LogP contribution is -2.25. The summed E-state index contributed by atoms with van der Waals surface area (Å²) < 4.78 is 13.5. The van der Waals surface area contributed by atoms with Crippen molar-refractivity contribution in [3.05, 3.63) is 36.7 Å². The normalized spacial score (nSPS) is 17.7. The van der Waals surface area contributed by atoms with Crippen LogP contribution in [-0.4, -0.2) is 40.2 Å². The third-order valence-corrected chi connectivity index (χ3v) is 4.99. The van der Waals surface area contributed by atoms with Gasteiger partial charge >= 0.3 is 0 Å². The van der Waals surface area contributed by atoms with Gasteiger partial charge in [0, 0.05) is 37.6 Å². The van der Waals surface area contributed by atoms with Crippen molar-refractivity contribution in [2.75, 3.05) is 13.7 Å². The van der Waals surface area contributed by atoms with Crippen LogP contribution in [0.5, 0.6) is 11.6 Å². The summed E-state index contributed by atoms with van der Waals surface area (Å²) in [7, 11) is 3.54. The third-order valence-electron chi connectivity index (χ3n) is 4.99. The summed E-state index contributed by atoms with van der Waals surface area (Å²) in [6.45, 7) is 2.65. The van der Waals surface area contributed by atoms with Gasteiger partial charge in [-0.15, -0.1) is 0 Å². The molecule has 1 aromatic carbocycles. The number of carbonyl (C=O) groups excluding carboxylic acids is 1. The van der Waals surface area contributed by atoms with E-state index in [2.05, 4.69) is 15.3 Å². The monoisotopic (exact) mass is 366 g/mol. The number of methoxy groups -OCH3 is 1. The smallest absolute Gasteiger partial charge is 0.220 e. The van der Waals surface area contributed by atoms with Crippen LogP contribution in [0.4, 0.5) is 0 Å². The quantitative estimate of drug-likeness (QED) is 0.751. The van der Waals surface area contributed by atoms with Crippen molar-refractivity contribution in [2.24, 2.45) is 13.0 Å². The number of aryl methyl sites for hydroxylation is 1. The Bertz CT molecular complexity index is 998. The second-order valence-corrected chi connectivity index (χ2v) is 6.85. The molecule has 3 aromatic rings. The van der Waals surface area contributed by atoms with Gasteiger partial charge in [-0.1, -0.05) is 6.07 Å². The van der Waals surface area contributed by atoms with Crippen LogP contribution >= 0.6 is 0 Å². The van der Waals surface area contributed by atoms with Gasteiger partial charge in [-0.2, -0.15) is 0 Å². The Morgan fingerprint density at radius 1 is 1.33 bits per heavy atom. The van der Waals surface area contributed by atoms with Crippen LogP contribution in [0.1, 0.15) is 13.3 Å². The zero-order valence-corrected chi connectivity index (χ0v) is 15.6. The molecule has 27 heavy (non-hydrogen) atoms. The molecule has 3 heterocycles. The van der Waals surface area contributed by atoms with E-state index in [1.807, 2.05) is 48.9 Å². The first-order valence-electron chi connectivity index (χ1n) is 8.95. The Kier molecular flexibility index (Phi) is 4.43. The second-order valence-electron chi connectivity index (χ2n) is 6.85. The first-order chi connectivity index (χ1) is 13.0. The lowest BCUT2D eigenvalue weighted by atomic mass is 10.0. The number of aromatic nitrogens is 3. The molecule has 7 nitrogen and oxygen atoms in total. The standard InChI is InChI=1S/C20H22N4O3/c1-12(14-9-18(25)21-10-14)27-17-8-13(7-16-20(17)24(2)11-22-16)15-5-4-6-19(23-15)26-3/h4-8,11-12,14H,9-10H2,1-3H3,(H,21,25)/t12-,14?/m1/s1. The summed E-state index contributed by atoms with van der Waals surface area (Å²) in [4.78, 5) is 20.5. The van der Waals surface area contributed by atoms with Crippen molar-refractivity contribution in [3.63, 3.8) is 0 Å². The van der Waals surface area contributed by atoms with Crippen molar-refractivity contribution < 1.29 is 14.3 Å². The largest absolute Gasteiger partial charge is 0.488 e. The molecule has 0 radical (unpaired) electrons. The molecular weight excluding hydrogens is 344 g/mol. The molecule has 4 rings (SSSR count). The molecule has 2 atom stereocenters. The number of nitrogens with zero attached hydrogens (tertiary/aromatic N) is 3. The van der Waals surface area contributed by atoms with Crippen LogP contribution in [0.2, 0.25) is 0 Å². The predicted octanol–water partition coefficient (Wildman–Crippen LogP) is 2.55. The van der Waals surface area contributed by atoms with Gasteiger partial charge in [0.05, 0.1) is 24.6 Å². The average Bonchev–Trinajstić information content (AvgIpc) is 3.28. The molecule has 0 saturated carbocycles. The van der Waals surface area contributed by atoms with Gasteiger partial charge in [0.1, 0.15) is 17.4 Å². The minimum absolute atomic E-state index is 0.0791. The molecule has 0 spiro atoms. The first kappa shape index (κ1) is 17.3. The van der Waals surface area contributed by atoms with E-state index < -0.39 is 0 Å². The van der Waals surface area contributed by atoms with Gasteiger partial charge in [0.2, 0.25) is 11.8 Å². The molecule has 0 bridgehead atoms. The number of rotatable bonds is 5. The fourth-order valence-electron chi connectivity index (χ4n) is 3.44. The molecule has 7 heteroatoms. The molecule has 1 saturated heterocycles. The van der Waals surface area contributed by atoms with Crippen molar-refractivity contribution >= 4 is 16.9 Å². The maximum atomic E-state index is 11.5. The van der Waals surface area contributed by atoms with E-state index in [1.165, 1.54) is 0 Å². The molecule has 1 aliphatic rings. The van der Waals surface area contributed by atoms with E-state index >= 15 is 0 Å². The molecule has 1 N–H and O–H groups in total. The summed E-state index contributed by atoms with van der Waals surface area (Å²) in [5, 5.41) is 2.87. The Balaban J connectivity index is 1.74. The van der Waals surface area contributed by atoms with Crippen LogP contribution in [0, 0.1) is 5.92 Å². The number of amides is 1. The molecule has 0 aliphatic carbocycles. The van der Waals surface area contributed by atoms with Gasteiger partial charge in [-0.05, 0) is 25.1 Å². The zero-order valence-electron chi connectivity index (χ0n) is 15.6. The average molecular weight is 366 g/mol. The van der Waals surface area contributed by atoms with Crippen molar-refractivity contribution in [2.45, 2.75) is 19.4 Å². The van der Waals surface area contributed by atoms with Gasteiger partial charge in [0.25, 0.3) is 0 Å². The number of hydrogen-bond acceptors (Lipinski definition) is 5. The third kappa shape index (κ3) is 3.32. The number of carbonyl (C=O) groups is 1. The van der Waals surface area contributed by atoms with E-state index in [0.717, 1.165) is 28.0 Å². The summed E-state index contributed by atoms with van der Waals surface area (Å²) in [6, 6.07) is 9.62. The summed E-state index contributed by atoms with van der Waals surface area (Å²) in [6.07, 6.45) is 2.16. The first-order valence-corrected chi connectivity index (χ1v) is 8.95. The van der Waals surface area contributed by atoms with E-state index in [-0.39, 0.29) is 17.9 Å². The van der Waals surface area contributed by atoms with Gasteiger partial charge in [0.15, 0.2) is 0 Å². The molecule has 2 aromatic heterocycles. The highest BCUT2D eigenvalue weighted by atomic mass is 16.5. The molecule has 1 amide bonds. The summed E-state index contributed by atoms with van der Waals surface area (Å²) in [5.41, 5.74) is 3.45. The summed E-state index contributed by atoms with van der Waals surface area (Å²) >= 11 is 0. The molecular formula is C20H22N4O3. The fourth-order valence-corrected chi connectivity index (χ4v) is 3.44. The maximum Gasteiger partial charge on any atom is 0.220 e. The molecule has 1 unspecified atom stereocenters. The van der Waals surface area contributed by atoms with Crippen LogP contribution in [0.3, 0.4) is 0 Å². The Morgan fingerprint density at radius 3 is 2.93 bits per heavy atom. The van der Waals surface area contributed by atoms with E-state index in [4.69, 9.17) is 9.47 Å². The van der Waals surface area contributed by atoms with Crippen molar-refractivity contribution in [1.82, 2.24) is 19.9 Å². The lowest BCUT2D eigenvalue weighted by Gasteiger charge is -2.21. The van der Waals surface area contributed by atoms with E-state index in [0.29, 0.717) is 18.8 Å². The Hall–Kier alpha value is -3.09. The number of benzene rings is 1. The molecule has 1 fully saturated rings. The number of pyridine rings is 1. The number of imidazole rings is 1. The topological polar surface area (TPSA) is 78.3 Å². The van der Waals surface area contributed by atoms with Gasteiger partial charge < -0.3 is 19.4 Å². The van der Waals surface area contributed by atoms with Gasteiger partial charge in [-0.25, -0.2) is 9.97 Å². The number of nitrogens with one attached hydrogen (secondary N) is 1. The fraction of sp³-hybridized carbons (Fsp3) is 0.350. The minimum atomic E-state index is -0.101. The second kappa shape index (κ2) is 6.90. The maximum absolute atomic E-state index is 11.5. The number of ether oxygens (including phenoxy) is 2. The highest BCUT2D eigenvalue weighted by Crippen LogP contribution is 2.33. The highest BCUT2D eigenvalue weighted by Gasteiger charge is 2.28. The van der Waals surface area contributed by atoms with Crippen molar-refractivity contribution in [3.8, 4) is 22.9 Å². The lowest BCUT2D eigenvalue weighted by molar-refractivity contribution is -0.119. The zero-order chi connectivity index (χ0) is 19.0. The Labute approximate surface area is 157 Å². The van der Waals surface area contributed by atoms with Crippen LogP contribution in [-0.2, 0) is 11.8 Å². The van der Waals surface area contributed by atoms with E-state index in [9.17, 15) is 4.79 Å². The predicted molar refractivity (Wildman–Crippen MR) is 102 cm³/mol. The SMILES string of the molecule is COc1cccc(-c2cc(O[C@H](C)C3CNC(=O)C3)c3c(c2)ncn3C)n1. The van der Waals surface area contributed by atoms with Gasteiger partial charge in [-0.3, -0.25) is 4.79 Å². The minimum Gasteiger partial charge on any atom is -0.488 e. The van der Waals surface area contributed by atoms with Crippen LogP contribution < -0.4 is 14.8 Å². The van der Waals surface area contributed by atoms with Crippen LogP contribution in [0.15, 0.2) is 36.7 Å². The molecule has 1 aliphatic heterocycles. The number of fused-ring (bicyclic) bond motifs is 1. The summed E-state index contributed by atoms with van der Waals surface area (Å²) in [5.74, 6) is 1.52. The molecule has 140 valence electrons. The number of hydrogen-bond donors (Lipinski definition) is 1. The Morgan fingerprint density at radius 2 is 2.19 bits per heavy atom. The van der Waals surface area contributed by atoms with Crippen LogP contribution in [0.25, 0.3) is 22.3 Å². The highest BCUT2D eigenvalue weighted by molar-refractivity contribution is 5.87. The van der Waals surface area contributed by atoms with E-state index in [1.54, 1.807) is 13.4 Å².